The van der Waals surface area contributed by atoms with Crippen LogP contribution in [0.5, 0.6) is 17.2 Å². The lowest BCUT2D eigenvalue weighted by molar-refractivity contribution is -0.116. The van der Waals surface area contributed by atoms with E-state index < -0.39 is 0 Å². The number of rotatable bonds is 6. The van der Waals surface area contributed by atoms with Crippen LogP contribution < -0.4 is 19.5 Å². The number of carbonyl (C=O) groups is 1. The molecule has 1 aromatic heterocycles. The summed E-state index contributed by atoms with van der Waals surface area (Å²) in [5, 5.41) is 4.02. The van der Waals surface area contributed by atoms with Crippen LogP contribution in [0.4, 0.5) is 10.1 Å². The van der Waals surface area contributed by atoms with Crippen molar-refractivity contribution in [2.45, 2.75) is 18.9 Å². The average molecular weight is 461 g/mol. The Morgan fingerprint density at radius 3 is 2.50 bits per heavy atom. The first-order valence-electron chi connectivity index (χ1n) is 11.0. The van der Waals surface area contributed by atoms with Gasteiger partial charge in [0, 0.05) is 36.0 Å². The highest BCUT2D eigenvalue weighted by Gasteiger charge is 2.31. The number of nitrogens with zero attached hydrogens (tertiary/aromatic N) is 1. The van der Waals surface area contributed by atoms with E-state index in [9.17, 15) is 9.18 Å². The van der Waals surface area contributed by atoms with Crippen molar-refractivity contribution >= 4 is 22.5 Å². The van der Waals surface area contributed by atoms with Gasteiger partial charge in [-0.1, -0.05) is 24.3 Å². The molecule has 0 saturated heterocycles. The maximum absolute atomic E-state index is 13.8. The van der Waals surface area contributed by atoms with Gasteiger partial charge < -0.3 is 24.1 Å². The molecule has 6 nitrogen and oxygen atoms in total. The third-order valence-electron chi connectivity index (χ3n) is 6.33. The van der Waals surface area contributed by atoms with Gasteiger partial charge in [0.15, 0.2) is 11.5 Å². The van der Waals surface area contributed by atoms with Crippen molar-refractivity contribution in [1.82, 2.24) is 4.57 Å². The summed E-state index contributed by atoms with van der Waals surface area (Å²) in [5.74, 6) is 0.935. The number of carbonyl (C=O) groups excluding carboxylic acids is 1. The van der Waals surface area contributed by atoms with Gasteiger partial charge in [-0.3, -0.25) is 4.79 Å². The first kappa shape index (κ1) is 21.8. The molecule has 1 aliphatic heterocycles. The van der Waals surface area contributed by atoms with Gasteiger partial charge in [-0.05, 0) is 41.5 Å². The number of hydrogen-bond acceptors (Lipinski definition) is 4. The lowest BCUT2D eigenvalue weighted by atomic mass is 9.87. The molecule has 1 N–H and O–H groups in total. The fraction of sp³-hybridized carbons (Fsp3) is 0.222. The zero-order valence-electron chi connectivity index (χ0n) is 19.2. The third kappa shape index (κ3) is 3.63. The van der Waals surface area contributed by atoms with Crippen molar-refractivity contribution in [3.8, 4) is 17.2 Å². The lowest BCUT2D eigenvalue weighted by Gasteiger charge is -2.21. The molecule has 0 saturated carbocycles. The van der Waals surface area contributed by atoms with Crippen LogP contribution in [0.2, 0.25) is 0 Å². The van der Waals surface area contributed by atoms with Gasteiger partial charge in [0.05, 0.1) is 32.5 Å². The van der Waals surface area contributed by atoms with Gasteiger partial charge in [-0.25, -0.2) is 4.39 Å². The van der Waals surface area contributed by atoms with Crippen molar-refractivity contribution in [3.63, 3.8) is 0 Å². The van der Waals surface area contributed by atoms with E-state index in [2.05, 4.69) is 16.1 Å². The highest BCUT2D eigenvalue weighted by Crippen LogP contribution is 2.48. The summed E-state index contributed by atoms with van der Waals surface area (Å²) in [6.45, 7) is 0.501. The molecule has 34 heavy (non-hydrogen) atoms. The summed E-state index contributed by atoms with van der Waals surface area (Å²) in [6, 6.07) is 16.2. The summed E-state index contributed by atoms with van der Waals surface area (Å²) in [6.07, 6.45) is 2.29. The molecule has 4 aromatic rings. The minimum atomic E-state index is -0.283. The predicted octanol–water partition coefficient (Wildman–Crippen LogP) is 5.33. The molecule has 0 radical (unpaired) electrons. The Morgan fingerprint density at radius 1 is 0.971 bits per heavy atom. The molecule has 5 rings (SSSR count). The summed E-state index contributed by atoms with van der Waals surface area (Å²) < 4.78 is 32.7. The van der Waals surface area contributed by atoms with Crippen molar-refractivity contribution < 1.29 is 23.4 Å². The molecule has 1 atom stereocenters. The topological polar surface area (TPSA) is 61.7 Å². The predicted molar refractivity (Wildman–Crippen MR) is 129 cm³/mol. The monoisotopic (exact) mass is 460 g/mol. The second kappa shape index (κ2) is 8.74. The van der Waals surface area contributed by atoms with Crippen molar-refractivity contribution in [1.29, 1.82) is 0 Å². The maximum atomic E-state index is 13.8. The molecule has 0 bridgehead atoms. The van der Waals surface area contributed by atoms with E-state index >= 15 is 0 Å². The van der Waals surface area contributed by atoms with Gasteiger partial charge in [-0.2, -0.15) is 0 Å². The number of ether oxygens (including phenoxy) is 3. The van der Waals surface area contributed by atoms with Crippen LogP contribution in [0.3, 0.4) is 0 Å². The fourth-order valence-corrected chi connectivity index (χ4v) is 4.89. The van der Waals surface area contributed by atoms with E-state index in [1.54, 1.807) is 27.4 Å². The van der Waals surface area contributed by atoms with Crippen LogP contribution >= 0.6 is 0 Å². The Bertz CT molecular complexity index is 1400. The zero-order chi connectivity index (χ0) is 23.8. The molecule has 0 aliphatic carbocycles. The molecule has 1 aliphatic rings. The Balaban J connectivity index is 1.71. The number of amides is 1. The Morgan fingerprint density at radius 2 is 1.76 bits per heavy atom. The molecule has 3 aromatic carbocycles. The molecular formula is C27H25FN2O4. The first-order chi connectivity index (χ1) is 16.5. The van der Waals surface area contributed by atoms with E-state index in [0.717, 1.165) is 33.3 Å². The molecule has 1 amide bonds. The highest BCUT2D eigenvalue weighted by molar-refractivity contribution is 6.06. The molecular weight excluding hydrogens is 435 g/mol. The van der Waals surface area contributed by atoms with Gasteiger partial charge in [-0.15, -0.1) is 0 Å². The molecule has 7 heteroatoms. The second-order valence-electron chi connectivity index (χ2n) is 8.27. The first-order valence-corrected chi connectivity index (χ1v) is 11.0. The zero-order valence-corrected chi connectivity index (χ0v) is 19.2. The average Bonchev–Trinajstić information content (AvgIpc) is 3.13. The number of benzene rings is 3. The molecule has 0 spiro atoms. The molecule has 2 heterocycles. The summed E-state index contributed by atoms with van der Waals surface area (Å²) in [7, 11) is 4.71. The minimum absolute atomic E-state index is 0.0813. The molecule has 0 fully saturated rings. The van der Waals surface area contributed by atoms with Crippen LogP contribution in [-0.4, -0.2) is 31.8 Å². The number of anilines is 1. The number of methoxy groups -OCH3 is 3. The van der Waals surface area contributed by atoms with Gasteiger partial charge >= 0.3 is 0 Å². The second-order valence-corrected chi connectivity index (χ2v) is 8.27. The van der Waals surface area contributed by atoms with E-state index in [0.29, 0.717) is 23.8 Å². The molecule has 174 valence electrons. The van der Waals surface area contributed by atoms with Crippen molar-refractivity contribution in [3.05, 3.63) is 83.3 Å². The Kier molecular flexibility index (Phi) is 5.61. The van der Waals surface area contributed by atoms with E-state index in [4.69, 9.17) is 14.2 Å². The number of hydrogen-bond donors (Lipinski definition) is 1. The summed E-state index contributed by atoms with van der Waals surface area (Å²) in [4.78, 5) is 12.9. The fourth-order valence-electron chi connectivity index (χ4n) is 4.89. The SMILES string of the molecule is COc1ccc([C@H]2CC(=O)Nc3cccc4c3c2cn4Cc2cccc(F)c2)c(OC)c1OC. The van der Waals surface area contributed by atoms with Gasteiger partial charge in [0.1, 0.15) is 5.82 Å². The lowest BCUT2D eigenvalue weighted by Crippen LogP contribution is -2.14. The molecule has 0 unspecified atom stereocenters. The number of halogens is 1. The van der Waals surface area contributed by atoms with Crippen LogP contribution in [-0.2, 0) is 11.3 Å². The van der Waals surface area contributed by atoms with Crippen molar-refractivity contribution in [2.75, 3.05) is 26.6 Å². The number of nitrogens with one attached hydrogen (secondary N) is 1. The summed E-state index contributed by atoms with van der Waals surface area (Å²) >= 11 is 0. The van der Waals surface area contributed by atoms with Crippen molar-refractivity contribution in [2.24, 2.45) is 0 Å². The van der Waals surface area contributed by atoms with Gasteiger partial charge in [0.2, 0.25) is 11.7 Å². The normalized spacial score (nSPS) is 15.1. The largest absolute Gasteiger partial charge is 0.493 e. The maximum Gasteiger partial charge on any atom is 0.225 e. The Hall–Kier alpha value is -4.00. The summed E-state index contributed by atoms with van der Waals surface area (Å²) in [5.41, 5.74) is 4.40. The van der Waals surface area contributed by atoms with E-state index in [1.807, 2.05) is 36.4 Å². The van der Waals surface area contributed by atoms with E-state index in [1.165, 1.54) is 12.1 Å². The van der Waals surface area contributed by atoms with Crippen LogP contribution in [0.15, 0.2) is 60.8 Å². The smallest absolute Gasteiger partial charge is 0.225 e. The minimum Gasteiger partial charge on any atom is -0.493 e. The Labute approximate surface area is 196 Å². The number of aromatic nitrogens is 1. The van der Waals surface area contributed by atoms with Crippen LogP contribution in [0, 0.1) is 5.82 Å². The van der Waals surface area contributed by atoms with Crippen LogP contribution in [0.25, 0.3) is 10.9 Å². The van der Waals surface area contributed by atoms with Crippen LogP contribution in [0.1, 0.15) is 29.0 Å². The highest BCUT2D eigenvalue weighted by atomic mass is 19.1. The van der Waals surface area contributed by atoms with E-state index in [-0.39, 0.29) is 24.1 Å². The standard InChI is InChI=1S/C27H25FN2O4/c1-32-23-11-10-18(26(33-2)27(23)34-3)19-13-24(31)29-21-8-5-9-22-25(21)20(19)15-30(22)14-16-6-4-7-17(28)12-16/h4-12,15,19H,13-14H2,1-3H3,(H,29,31)/t19-/m1/s1. The third-order valence-corrected chi connectivity index (χ3v) is 6.33. The van der Waals surface area contributed by atoms with Gasteiger partial charge in [0.25, 0.3) is 0 Å². The quantitative estimate of drug-likeness (QED) is 0.423.